The van der Waals surface area contributed by atoms with Crippen molar-refractivity contribution in [1.82, 2.24) is 10.6 Å². The number of hydrogen-bond acceptors (Lipinski definition) is 9. The highest BCUT2D eigenvalue weighted by atomic mass is 16.7. The summed E-state index contributed by atoms with van der Waals surface area (Å²) in [6.45, 7) is 2.40. The van der Waals surface area contributed by atoms with Crippen molar-refractivity contribution < 1.29 is 43.9 Å². The van der Waals surface area contributed by atoms with Crippen molar-refractivity contribution in [2.24, 2.45) is 0 Å². The van der Waals surface area contributed by atoms with Crippen LogP contribution in [0.1, 0.15) is 17.3 Å². The largest absolute Gasteiger partial charge is 0.394 e. The summed E-state index contributed by atoms with van der Waals surface area (Å²) in [5, 5.41) is 34.7. The Morgan fingerprint density at radius 2 is 1.66 bits per heavy atom. The monoisotopic (exact) mass is 456 g/mol. The summed E-state index contributed by atoms with van der Waals surface area (Å²) in [6.07, 6.45) is -4.80. The van der Waals surface area contributed by atoms with Crippen LogP contribution in [0.3, 0.4) is 0 Å². The second-order valence-electron chi connectivity index (χ2n) is 7.15. The molecule has 1 fully saturated rings. The van der Waals surface area contributed by atoms with Crippen LogP contribution < -0.4 is 10.6 Å². The fourth-order valence-corrected chi connectivity index (χ4v) is 3.09. The fraction of sp³-hybridized carbons (Fsp3) is 0.619. The van der Waals surface area contributed by atoms with E-state index in [9.17, 15) is 24.9 Å². The standard InChI is InChI=1S/C21H32N2O9/c1-14(25)23-17-19(27)18(26)16(13-24)32-21(17)31-12-11-30-10-9-29-8-7-22-20(28)15-5-3-2-4-6-15/h2-6,16-19,21,24,26-27H,7-13H2,1H3,(H,22,28)(H,23,25)/t16?,17?,18-,19?,21+/m0/s1. The van der Waals surface area contributed by atoms with Crippen molar-refractivity contribution in [2.75, 3.05) is 46.2 Å². The van der Waals surface area contributed by atoms with E-state index >= 15 is 0 Å². The average molecular weight is 456 g/mol. The Morgan fingerprint density at radius 3 is 2.31 bits per heavy atom. The molecule has 0 aromatic heterocycles. The molecule has 5 N–H and O–H groups in total. The summed E-state index contributed by atoms with van der Waals surface area (Å²) in [7, 11) is 0. The fourth-order valence-electron chi connectivity index (χ4n) is 3.09. The van der Waals surface area contributed by atoms with Crippen LogP contribution >= 0.6 is 0 Å². The molecule has 0 spiro atoms. The molecule has 0 saturated carbocycles. The average Bonchev–Trinajstić information content (AvgIpc) is 2.79. The van der Waals surface area contributed by atoms with Crippen molar-refractivity contribution in [3.63, 3.8) is 0 Å². The molecule has 0 aliphatic carbocycles. The van der Waals surface area contributed by atoms with Gasteiger partial charge in [-0.3, -0.25) is 9.59 Å². The Labute approximate surface area is 186 Å². The Balaban J connectivity index is 1.56. The van der Waals surface area contributed by atoms with Crippen molar-refractivity contribution >= 4 is 11.8 Å². The highest BCUT2D eigenvalue weighted by molar-refractivity contribution is 5.94. The van der Waals surface area contributed by atoms with Gasteiger partial charge in [-0.1, -0.05) is 18.2 Å². The molecule has 3 unspecified atom stereocenters. The molecule has 11 heteroatoms. The summed E-state index contributed by atoms with van der Waals surface area (Å²) >= 11 is 0. The van der Waals surface area contributed by atoms with Crippen LogP contribution in [0, 0.1) is 0 Å². The minimum absolute atomic E-state index is 0.0921. The van der Waals surface area contributed by atoms with Crippen LogP contribution in [0.2, 0.25) is 0 Å². The molecule has 2 rings (SSSR count). The van der Waals surface area contributed by atoms with Crippen LogP contribution in [0.5, 0.6) is 0 Å². The minimum Gasteiger partial charge on any atom is -0.394 e. The number of amides is 2. The van der Waals surface area contributed by atoms with E-state index in [0.29, 0.717) is 31.9 Å². The second-order valence-corrected chi connectivity index (χ2v) is 7.15. The molecule has 1 aromatic carbocycles. The van der Waals surface area contributed by atoms with Gasteiger partial charge in [-0.05, 0) is 12.1 Å². The van der Waals surface area contributed by atoms with Crippen molar-refractivity contribution in [3.05, 3.63) is 35.9 Å². The van der Waals surface area contributed by atoms with Crippen LogP contribution in [0.25, 0.3) is 0 Å². The first kappa shape index (κ1) is 26.1. The van der Waals surface area contributed by atoms with E-state index in [2.05, 4.69) is 10.6 Å². The lowest BCUT2D eigenvalue weighted by Crippen LogP contribution is -2.64. The molecule has 1 heterocycles. The van der Waals surface area contributed by atoms with Crippen LogP contribution in [-0.4, -0.2) is 104 Å². The van der Waals surface area contributed by atoms with Gasteiger partial charge in [-0.2, -0.15) is 0 Å². The molecule has 1 aliphatic rings. The zero-order valence-corrected chi connectivity index (χ0v) is 18.0. The third-order valence-corrected chi connectivity index (χ3v) is 4.70. The van der Waals surface area contributed by atoms with Gasteiger partial charge in [0, 0.05) is 19.0 Å². The number of benzene rings is 1. The van der Waals surface area contributed by atoms with E-state index in [1.807, 2.05) is 6.07 Å². The van der Waals surface area contributed by atoms with Gasteiger partial charge in [0.25, 0.3) is 5.91 Å². The first-order valence-corrected chi connectivity index (χ1v) is 10.4. The van der Waals surface area contributed by atoms with Gasteiger partial charge in [0.15, 0.2) is 6.29 Å². The lowest BCUT2D eigenvalue weighted by atomic mass is 9.97. The van der Waals surface area contributed by atoms with Gasteiger partial charge in [0.1, 0.15) is 24.4 Å². The van der Waals surface area contributed by atoms with Crippen LogP contribution in [0.15, 0.2) is 30.3 Å². The van der Waals surface area contributed by atoms with E-state index in [0.717, 1.165) is 0 Å². The molecular weight excluding hydrogens is 424 g/mol. The number of rotatable bonds is 13. The van der Waals surface area contributed by atoms with Gasteiger partial charge >= 0.3 is 0 Å². The smallest absolute Gasteiger partial charge is 0.251 e. The number of aliphatic hydroxyl groups excluding tert-OH is 3. The Kier molecular flexibility index (Phi) is 11.5. The SMILES string of the molecule is CC(=O)NC1C(O)[C@@H](O)C(CO)O[C@H]1OCCOCCOCCNC(=O)c1ccccc1. The lowest BCUT2D eigenvalue weighted by Gasteiger charge is -2.42. The molecule has 0 bridgehead atoms. The number of hydrogen-bond donors (Lipinski definition) is 5. The van der Waals surface area contributed by atoms with E-state index in [4.69, 9.17) is 18.9 Å². The van der Waals surface area contributed by atoms with Gasteiger partial charge < -0.3 is 44.9 Å². The third kappa shape index (κ3) is 8.43. The number of carbonyl (C=O) groups excluding carboxylic acids is 2. The molecule has 1 saturated heterocycles. The number of aliphatic hydroxyl groups is 3. The maximum absolute atomic E-state index is 11.9. The third-order valence-electron chi connectivity index (χ3n) is 4.70. The zero-order valence-electron chi connectivity index (χ0n) is 18.0. The molecular formula is C21H32N2O9. The van der Waals surface area contributed by atoms with Crippen molar-refractivity contribution in [2.45, 2.75) is 37.6 Å². The number of nitrogens with one attached hydrogen (secondary N) is 2. The lowest BCUT2D eigenvalue weighted by molar-refractivity contribution is -0.272. The molecule has 11 nitrogen and oxygen atoms in total. The van der Waals surface area contributed by atoms with E-state index in [1.54, 1.807) is 24.3 Å². The van der Waals surface area contributed by atoms with Gasteiger partial charge in [0.05, 0.1) is 39.6 Å². The van der Waals surface area contributed by atoms with E-state index < -0.39 is 43.2 Å². The molecule has 180 valence electrons. The summed E-state index contributed by atoms with van der Waals surface area (Å²) < 4.78 is 21.8. The zero-order chi connectivity index (χ0) is 23.3. The van der Waals surface area contributed by atoms with Crippen LogP contribution in [-0.2, 0) is 23.7 Å². The highest BCUT2D eigenvalue weighted by Gasteiger charge is 2.45. The van der Waals surface area contributed by atoms with Gasteiger partial charge in [-0.15, -0.1) is 0 Å². The maximum Gasteiger partial charge on any atom is 0.251 e. The molecule has 2 amide bonds. The van der Waals surface area contributed by atoms with Crippen molar-refractivity contribution in [3.8, 4) is 0 Å². The minimum atomic E-state index is -1.36. The summed E-state index contributed by atoms with van der Waals surface area (Å²) in [6, 6.07) is 7.91. The van der Waals surface area contributed by atoms with Crippen LogP contribution in [0.4, 0.5) is 0 Å². The Bertz CT molecular complexity index is 691. The molecule has 5 atom stereocenters. The normalized spacial score (nSPS) is 25.3. The van der Waals surface area contributed by atoms with Gasteiger partial charge in [0.2, 0.25) is 5.91 Å². The quantitative estimate of drug-likeness (QED) is 0.221. The first-order valence-electron chi connectivity index (χ1n) is 10.4. The number of ether oxygens (including phenoxy) is 4. The second kappa shape index (κ2) is 14.1. The van der Waals surface area contributed by atoms with Gasteiger partial charge in [-0.25, -0.2) is 0 Å². The Morgan fingerprint density at radius 1 is 1.00 bits per heavy atom. The predicted octanol–water partition coefficient (Wildman–Crippen LogP) is -1.59. The first-order chi connectivity index (χ1) is 15.4. The van der Waals surface area contributed by atoms with E-state index in [1.165, 1.54) is 6.92 Å². The maximum atomic E-state index is 11.9. The van der Waals surface area contributed by atoms with E-state index in [-0.39, 0.29) is 19.1 Å². The summed E-state index contributed by atoms with van der Waals surface area (Å²) in [5.74, 6) is -0.583. The molecule has 1 aromatic rings. The molecule has 0 radical (unpaired) electrons. The number of carbonyl (C=O) groups is 2. The summed E-state index contributed by atoms with van der Waals surface area (Å²) in [4.78, 5) is 23.2. The summed E-state index contributed by atoms with van der Waals surface area (Å²) in [5.41, 5.74) is 0.589. The topological polar surface area (TPSA) is 156 Å². The Hall–Kier alpha value is -2.12. The predicted molar refractivity (Wildman–Crippen MR) is 112 cm³/mol. The molecule has 1 aliphatic heterocycles. The highest BCUT2D eigenvalue weighted by Crippen LogP contribution is 2.22. The molecule has 32 heavy (non-hydrogen) atoms. The van der Waals surface area contributed by atoms with Crippen molar-refractivity contribution in [1.29, 1.82) is 0 Å².